The van der Waals surface area contributed by atoms with Crippen molar-refractivity contribution >= 4 is 0 Å². The molecule has 2 aliphatic rings. The first-order valence-electron chi connectivity index (χ1n) is 3.78. The lowest BCUT2D eigenvalue weighted by Crippen LogP contribution is -2.34. The van der Waals surface area contributed by atoms with Crippen molar-refractivity contribution in [3.63, 3.8) is 0 Å². The highest BCUT2D eigenvalue weighted by Gasteiger charge is 2.42. The molecule has 2 aliphatic heterocycles. The fraction of sp³-hybridized carbons (Fsp3) is 1.00. The molecule has 9 heavy (non-hydrogen) atoms. The molecule has 0 unspecified atom stereocenters. The molecule has 0 aromatic carbocycles. The Morgan fingerprint density at radius 2 is 2.44 bits per heavy atom. The van der Waals surface area contributed by atoms with Crippen LogP contribution in [-0.4, -0.2) is 36.7 Å². The maximum Gasteiger partial charge on any atom is 0.0968 e. The topological polar surface area (TPSA) is 15.8 Å². The van der Waals surface area contributed by atoms with Gasteiger partial charge in [-0.05, 0) is 13.0 Å². The average molecular weight is 127 g/mol. The van der Waals surface area contributed by atoms with E-state index in [-0.39, 0.29) is 0 Å². The Morgan fingerprint density at radius 1 is 1.56 bits per heavy atom. The Kier molecular flexibility index (Phi) is 1.24. The Labute approximate surface area is 55.8 Å². The second-order valence-corrected chi connectivity index (χ2v) is 2.89. The summed E-state index contributed by atoms with van der Waals surface area (Å²) in [7, 11) is 0. The molecule has 2 fully saturated rings. The number of hydrogen-bond donors (Lipinski definition) is 0. The molecule has 2 nitrogen and oxygen atoms in total. The van der Waals surface area contributed by atoms with E-state index in [0.29, 0.717) is 12.2 Å². The predicted molar refractivity (Wildman–Crippen MR) is 35.4 cm³/mol. The molecule has 2 saturated heterocycles. The first kappa shape index (κ1) is 5.69. The summed E-state index contributed by atoms with van der Waals surface area (Å²) in [5.74, 6) is 0. The number of rotatable bonds is 1. The molecule has 2 heteroatoms. The van der Waals surface area contributed by atoms with Crippen LogP contribution in [0.2, 0.25) is 0 Å². The largest absolute Gasteiger partial charge is 0.368 e. The standard InChI is InChI=1S/C7H13NO/c1-2-8-4-3-6-7(5-8)9-6/h6-7H,2-5H2,1H3/t6-,7+/m0/s1. The van der Waals surface area contributed by atoms with Gasteiger partial charge >= 0.3 is 0 Å². The van der Waals surface area contributed by atoms with E-state index >= 15 is 0 Å². The average Bonchev–Trinajstić information content (AvgIpc) is 2.64. The summed E-state index contributed by atoms with van der Waals surface area (Å²) in [6.07, 6.45) is 2.52. The van der Waals surface area contributed by atoms with E-state index in [9.17, 15) is 0 Å². The van der Waals surface area contributed by atoms with Crippen LogP contribution in [0.15, 0.2) is 0 Å². The molecule has 0 aromatic heterocycles. The minimum atomic E-state index is 0.610. The second kappa shape index (κ2) is 1.96. The van der Waals surface area contributed by atoms with E-state index < -0.39 is 0 Å². The van der Waals surface area contributed by atoms with Crippen LogP contribution in [0.25, 0.3) is 0 Å². The Hall–Kier alpha value is -0.0800. The quantitative estimate of drug-likeness (QED) is 0.476. The van der Waals surface area contributed by atoms with Gasteiger partial charge in [-0.15, -0.1) is 0 Å². The molecule has 0 radical (unpaired) electrons. The molecule has 0 N–H and O–H groups in total. The van der Waals surface area contributed by atoms with Gasteiger partial charge in [0.25, 0.3) is 0 Å². The molecule has 2 heterocycles. The number of epoxide rings is 1. The molecule has 0 saturated carbocycles. The summed E-state index contributed by atoms with van der Waals surface area (Å²) in [6, 6.07) is 0. The normalized spacial score (nSPS) is 42.3. The van der Waals surface area contributed by atoms with Gasteiger partial charge in [-0.3, -0.25) is 0 Å². The summed E-state index contributed by atoms with van der Waals surface area (Å²) in [6.45, 7) is 5.83. The van der Waals surface area contributed by atoms with Crippen molar-refractivity contribution in [2.75, 3.05) is 19.6 Å². The molecule has 0 bridgehead atoms. The van der Waals surface area contributed by atoms with Gasteiger partial charge in [0.05, 0.1) is 12.2 Å². The summed E-state index contributed by atoms with van der Waals surface area (Å²) >= 11 is 0. The van der Waals surface area contributed by atoms with Gasteiger partial charge in [0, 0.05) is 13.1 Å². The van der Waals surface area contributed by atoms with Crippen molar-refractivity contribution < 1.29 is 4.74 Å². The Balaban J connectivity index is 1.86. The number of fused-ring (bicyclic) bond motifs is 1. The highest BCUT2D eigenvalue weighted by Crippen LogP contribution is 2.30. The lowest BCUT2D eigenvalue weighted by Gasteiger charge is -2.21. The van der Waals surface area contributed by atoms with E-state index in [1.54, 1.807) is 0 Å². The molecule has 0 aliphatic carbocycles. The fourth-order valence-corrected chi connectivity index (χ4v) is 1.54. The van der Waals surface area contributed by atoms with Crippen LogP contribution in [-0.2, 0) is 4.74 Å². The lowest BCUT2D eigenvalue weighted by molar-refractivity contribution is 0.258. The van der Waals surface area contributed by atoms with Crippen LogP contribution in [0, 0.1) is 0 Å². The third-order valence-corrected chi connectivity index (χ3v) is 2.30. The zero-order chi connectivity index (χ0) is 6.27. The van der Waals surface area contributed by atoms with Crippen molar-refractivity contribution in [2.45, 2.75) is 25.6 Å². The molecule has 0 aromatic rings. The first-order chi connectivity index (χ1) is 4.40. The molecular weight excluding hydrogens is 114 g/mol. The SMILES string of the molecule is CCN1CC[C@@H]2O[C@@H]2C1. The van der Waals surface area contributed by atoms with Crippen molar-refractivity contribution in [3.05, 3.63) is 0 Å². The van der Waals surface area contributed by atoms with Crippen LogP contribution in [0.5, 0.6) is 0 Å². The summed E-state index contributed by atoms with van der Waals surface area (Å²) in [5.41, 5.74) is 0. The Bertz CT molecular complexity index is 115. The minimum absolute atomic E-state index is 0.610. The maximum atomic E-state index is 5.37. The van der Waals surface area contributed by atoms with Gasteiger partial charge in [0.15, 0.2) is 0 Å². The molecule has 0 spiro atoms. The molecule has 52 valence electrons. The number of ether oxygens (including phenoxy) is 1. The molecular formula is C7H13NO. The van der Waals surface area contributed by atoms with Crippen LogP contribution < -0.4 is 0 Å². The van der Waals surface area contributed by atoms with Crippen molar-refractivity contribution in [3.8, 4) is 0 Å². The number of hydrogen-bond acceptors (Lipinski definition) is 2. The smallest absolute Gasteiger partial charge is 0.0968 e. The molecule has 0 amide bonds. The van der Waals surface area contributed by atoms with E-state index in [0.717, 1.165) is 0 Å². The van der Waals surface area contributed by atoms with Gasteiger partial charge in [0.2, 0.25) is 0 Å². The third-order valence-electron chi connectivity index (χ3n) is 2.30. The zero-order valence-electron chi connectivity index (χ0n) is 5.84. The second-order valence-electron chi connectivity index (χ2n) is 2.89. The van der Waals surface area contributed by atoms with Gasteiger partial charge in [-0.2, -0.15) is 0 Å². The summed E-state index contributed by atoms with van der Waals surface area (Å²) < 4.78 is 5.37. The van der Waals surface area contributed by atoms with Crippen molar-refractivity contribution in [1.82, 2.24) is 4.90 Å². The monoisotopic (exact) mass is 127 g/mol. The number of piperidine rings is 1. The molecule has 2 rings (SSSR count). The lowest BCUT2D eigenvalue weighted by atomic mass is 10.1. The summed E-state index contributed by atoms with van der Waals surface area (Å²) in [4.78, 5) is 2.45. The van der Waals surface area contributed by atoms with Crippen molar-refractivity contribution in [1.29, 1.82) is 0 Å². The van der Waals surface area contributed by atoms with Gasteiger partial charge in [0.1, 0.15) is 0 Å². The fourth-order valence-electron chi connectivity index (χ4n) is 1.54. The van der Waals surface area contributed by atoms with E-state index in [1.807, 2.05) is 0 Å². The van der Waals surface area contributed by atoms with Gasteiger partial charge < -0.3 is 9.64 Å². The van der Waals surface area contributed by atoms with Crippen LogP contribution in [0.1, 0.15) is 13.3 Å². The Morgan fingerprint density at radius 3 is 3.11 bits per heavy atom. The van der Waals surface area contributed by atoms with Gasteiger partial charge in [-0.25, -0.2) is 0 Å². The zero-order valence-corrected chi connectivity index (χ0v) is 5.84. The first-order valence-corrected chi connectivity index (χ1v) is 3.78. The minimum Gasteiger partial charge on any atom is -0.368 e. The predicted octanol–water partition coefficient (Wildman–Crippen LogP) is 0.479. The summed E-state index contributed by atoms with van der Waals surface area (Å²) in [5, 5.41) is 0. The van der Waals surface area contributed by atoms with Crippen LogP contribution >= 0.6 is 0 Å². The van der Waals surface area contributed by atoms with E-state index in [4.69, 9.17) is 4.74 Å². The van der Waals surface area contributed by atoms with Gasteiger partial charge in [-0.1, -0.05) is 6.92 Å². The highest BCUT2D eigenvalue weighted by molar-refractivity contribution is 4.92. The highest BCUT2D eigenvalue weighted by atomic mass is 16.6. The third kappa shape index (κ3) is 0.970. The number of likely N-dealkylation sites (tertiary alicyclic amines) is 1. The van der Waals surface area contributed by atoms with E-state index in [1.165, 1.54) is 26.1 Å². The van der Waals surface area contributed by atoms with Crippen LogP contribution in [0.3, 0.4) is 0 Å². The maximum absolute atomic E-state index is 5.37. The number of nitrogens with zero attached hydrogens (tertiary/aromatic N) is 1. The van der Waals surface area contributed by atoms with Crippen molar-refractivity contribution in [2.24, 2.45) is 0 Å². The van der Waals surface area contributed by atoms with Crippen LogP contribution in [0.4, 0.5) is 0 Å². The number of likely N-dealkylation sites (N-methyl/N-ethyl adjacent to an activating group) is 1. The molecule has 2 atom stereocenters. The van der Waals surface area contributed by atoms with E-state index in [2.05, 4.69) is 11.8 Å².